The van der Waals surface area contributed by atoms with E-state index in [0.717, 1.165) is 0 Å². The number of benzene rings is 3. The van der Waals surface area contributed by atoms with E-state index >= 15 is 0 Å². The Kier molecular flexibility index (Phi) is 3.81. The van der Waals surface area contributed by atoms with Gasteiger partial charge in [-0.2, -0.15) is 0 Å². The molecule has 1 unspecified atom stereocenters. The van der Waals surface area contributed by atoms with Crippen molar-refractivity contribution in [2.24, 2.45) is 0 Å². The maximum Gasteiger partial charge on any atom is 0.0794 e. The Labute approximate surface area is 139 Å². The molecule has 0 saturated carbocycles. The Morgan fingerprint density at radius 2 is 1.13 bits per heavy atom. The van der Waals surface area contributed by atoms with Crippen LogP contribution < -0.4 is 0 Å². The standard InChI is InChI=1S/C22H18Si/c1-4-10-17(11-5-1)20-16-21(18-12-6-2-7-13-18)23-22(20)19-14-8-3-9-15-19/h1-15,22H,23H2. The molecule has 0 nitrogen and oxygen atoms in total. The molecule has 1 aliphatic heterocycles. The summed E-state index contributed by atoms with van der Waals surface area (Å²) >= 11 is 0. The van der Waals surface area contributed by atoms with Gasteiger partial charge in [-0.15, -0.1) is 5.73 Å². The van der Waals surface area contributed by atoms with Gasteiger partial charge in [0.25, 0.3) is 0 Å². The lowest BCUT2D eigenvalue weighted by Crippen LogP contribution is -2.07. The van der Waals surface area contributed by atoms with Crippen LogP contribution in [0.4, 0.5) is 0 Å². The van der Waals surface area contributed by atoms with E-state index in [1.807, 2.05) is 0 Å². The van der Waals surface area contributed by atoms with E-state index in [9.17, 15) is 0 Å². The van der Waals surface area contributed by atoms with Crippen molar-refractivity contribution in [3.8, 4) is 0 Å². The number of rotatable bonds is 3. The van der Waals surface area contributed by atoms with Crippen molar-refractivity contribution < 1.29 is 0 Å². The zero-order valence-corrected chi connectivity index (χ0v) is 14.4. The lowest BCUT2D eigenvalue weighted by Gasteiger charge is -2.15. The van der Waals surface area contributed by atoms with E-state index in [0.29, 0.717) is 5.54 Å². The van der Waals surface area contributed by atoms with Crippen molar-refractivity contribution in [1.29, 1.82) is 0 Å². The van der Waals surface area contributed by atoms with E-state index in [1.165, 1.54) is 27.5 Å². The Balaban J connectivity index is 1.82. The number of hydrogen-bond acceptors (Lipinski definition) is 0. The Hall–Kier alpha value is -2.60. The first kappa shape index (κ1) is 14.0. The van der Waals surface area contributed by atoms with Crippen LogP contribution in [0.1, 0.15) is 22.2 Å². The lowest BCUT2D eigenvalue weighted by molar-refractivity contribution is 1.23. The highest BCUT2D eigenvalue weighted by atomic mass is 28.2. The molecule has 0 saturated heterocycles. The highest BCUT2D eigenvalue weighted by Gasteiger charge is 2.25. The third kappa shape index (κ3) is 2.85. The molecule has 110 valence electrons. The van der Waals surface area contributed by atoms with E-state index in [4.69, 9.17) is 0 Å². The molecule has 0 radical (unpaired) electrons. The first-order chi connectivity index (χ1) is 11.4. The molecule has 0 spiro atoms. The number of allylic oxidation sites excluding steroid dienone is 1. The second-order valence-electron chi connectivity index (χ2n) is 5.92. The van der Waals surface area contributed by atoms with Gasteiger partial charge in [0.2, 0.25) is 0 Å². The molecule has 0 amide bonds. The van der Waals surface area contributed by atoms with Crippen LogP contribution in [0.15, 0.2) is 96.7 Å². The predicted molar refractivity (Wildman–Crippen MR) is 101 cm³/mol. The topological polar surface area (TPSA) is 0 Å². The summed E-state index contributed by atoms with van der Waals surface area (Å²) in [5, 5.41) is 1.44. The third-order valence-electron chi connectivity index (χ3n) is 4.45. The van der Waals surface area contributed by atoms with Gasteiger partial charge < -0.3 is 0 Å². The molecule has 1 aliphatic rings. The average Bonchev–Trinajstić information content (AvgIpc) is 3.09. The molecular formula is C22H18Si. The minimum absolute atomic E-state index is 0.448. The van der Waals surface area contributed by atoms with E-state index in [-0.39, 0.29) is 0 Å². The van der Waals surface area contributed by atoms with Crippen LogP contribution >= 0.6 is 0 Å². The third-order valence-corrected chi connectivity index (χ3v) is 6.73. The zero-order valence-electron chi connectivity index (χ0n) is 12.9. The second-order valence-corrected chi connectivity index (χ2v) is 7.85. The number of hydrogen-bond donors (Lipinski definition) is 0. The Morgan fingerprint density at radius 1 is 0.609 bits per heavy atom. The van der Waals surface area contributed by atoms with Crippen LogP contribution in [0.2, 0.25) is 0 Å². The zero-order chi connectivity index (χ0) is 15.5. The smallest absolute Gasteiger partial charge is 0.0794 e. The summed E-state index contributed by atoms with van der Waals surface area (Å²) in [7, 11) is -0.448. The van der Waals surface area contributed by atoms with Gasteiger partial charge in [-0.25, -0.2) is 0 Å². The van der Waals surface area contributed by atoms with Crippen LogP contribution in [-0.4, -0.2) is 9.52 Å². The normalized spacial score (nSPS) is 17.8. The van der Waals surface area contributed by atoms with Gasteiger partial charge in [-0.1, -0.05) is 91.0 Å². The molecule has 1 heterocycles. The SMILES string of the molecule is C1=C(c2ccccc2)[SiH2]C(c2ccccc2)C=1c1ccccc1. The summed E-state index contributed by atoms with van der Waals surface area (Å²) in [5.41, 5.74) is 9.72. The van der Waals surface area contributed by atoms with Crippen LogP contribution in [0.5, 0.6) is 0 Å². The van der Waals surface area contributed by atoms with Gasteiger partial charge >= 0.3 is 0 Å². The average molecular weight is 310 g/mol. The van der Waals surface area contributed by atoms with Gasteiger partial charge in [-0.05, 0) is 21.9 Å². The summed E-state index contributed by atoms with van der Waals surface area (Å²) in [6.45, 7) is 0. The van der Waals surface area contributed by atoms with Crippen molar-refractivity contribution in [2.45, 2.75) is 5.54 Å². The highest BCUT2D eigenvalue weighted by molar-refractivity contribution is 6.66. The van der Waals surface area contributed by atoms with E-state index < -0.39 is 9.52 Å². The van der Waals surface area contributed by atoms with Crippen LogP contribution in [0, 0.1) is 0 Å². The molecule has 0 fully saturated rings. The summed E-state index contributed by atoms with van der Waals surface area (Å²) < 4.78 is 0. The van der Waals surface area contributed by atoms with Gasteiger partial charge in [0.05, 0.1) is 9.52 Å². The molecule has 0 aliphatic carbocycles. The first-order valence-corrected chi connectivity index (χ1v) is 9.59. The van der Waals surface area contributed by atoms with Crippen LogP contribution in [0.25, 0.3) is 10.8 Å². The largest absolute Gasteiger partial charge is 0.118 e. The van der Waals surface area contributed by atoms with Crippen molar-refractivity contribution in [3.63, 3.8) is 0 Å². The van der Waals surface area contributed by atoms with E-state index in [1.54, 1.807) is 0 Å². The van der Waals surface area contributed by atoms with Gasteiger partial charge in [0.15, 0.2) is 0 Å². The predicted octanol–water partition coefficient (Wildman–Crippen LogP) is 4.63. The summed E-state index contributed by atoms with van der Waals surface area (Å²) in [6.07, 6.45) is 0. The molecule has 0 bridgehead atoms. The van der Waals surface area contributed by atoms with Gasteiger partial charge in [0.1, 0.15) is 0 Å². The van der Waals surface area contributed by atoms with Crippen molar-refractivity contribution in [3.05, 3.63) is 113 Å². The maximum atomic E-state index is 3.77. The minimum atomic E-state index is -0.448. The summed E-state index contributed by atoms with van der Waals surface area (Å²) in [4.78, 5) is 0. The molecule has 3 aromatic carbocycles. The molecule has 0 aromatic heterocycles. The second kappa shape index (κ2) is 6.25. The van der Waals surface area contributed by atoms with E-state index in [2.05, 4.69) is 96.7 Å². The monoisotopic (exact) mass is 310 g/mol. The van der Waals surface area contributed by atoms with Crippen molar-refractivity contribution >= 4 is 20.3 Å². The first-order valence-electron chi connectivity index (χ1n) is 8.07. The summed E-state index contributed by atoms with van der Waals surface area (Å²) in [5.74, 6) is 0. The molecular weight excluding hydrogens is 292 g/mol. The molecule has 0 N–H and O–H groups in total. The van der Waals surface area contributed by atoms with Crippen LogP contribution in [-0.2, 0) is 0 Å². The lowest BCUT2D eigenvalue weighted by atomic mass is 9.98. The maximum absolute atomic E-state index is 3.77. The van der Waals surface area contributed by atoms with Gasteiger partial charge in [-0.3, -0.25) is 0 Å². The molecule has 4 rings (SSSR count). The van der Waals surface area contributed by atoms with Gasteiger partial charge in [0, 0.05) is 11.1 Å². The quantitative estimate of drug-likeness (QED) is 0.488. The molecule has 1 atom stereocenters. The Morgan fingerprint density at radius 3 is 1.74 bits per heavy atom. The van der Waals surface area contributed by atoms with Crippen molar-refractivity contribution in [1.82, 2.24) is 0 Å². The highest BCUT2D eigenvalue weighted by Crippen LogP contribution is 2.38. The molecule has 1 heteroatoms. The molecule has 23 heavy (non-hydrogen) atoms. The fraction of sp³-hybridized carbons (Fsp3) is 0.0455. The van der Waals surface area contributed by atoms with Crippen LogP contribution in [0.3, 0.4) is 0 Å². The Bertz CT molecular complexity index is 858. The fourth-order valence-corrected chi connectivity index (χ4v) is 5.52. The minimum Gasteiger partial charge on any atom is -0.118 e. The summed E-state index contributed by atoms with van der Waals surface area (Å²) in [6, 6.07) is 32.4. The van der Waals surface area contributed by atoms with Crippen molar-refractivity contribution in [2.75, 3.05) is 0 Å². The molecule has 3 aromatic rings. The fourth-order valence-electron chi connectivity index (χ4n) is 3.30.